The monoisotopic (exact) mass is 334 g/mol. The molecule has 0 spiro atoms. The molecule has 0 bridgehead atoms. The molecule has 8 heteroatoms. The highest BCUT2D eigenvalue weighted by Gasteiger charge is 2.28. The molecule has 1 N–H and O–H groups in total. The van der Waals surface area contributed by atoms with E-state index in [1.54, 1.807) is 24.3 Å². The predicted molar refractivity (Wildman–Crippen MR) is 83.1 cm³/mol. The summed E-state index contributed by atoms with van der Waals surface area (Å²) < 4.78 is 11.0. The van der Waals surface area contributed by atoms with E-state index in [2.05, 4.69) is 5.32 Å². The van der Waals surface area contributed by atoms with Gasteiger partial charge in [0.15, 0.2) is 11.5 Å². The van der Waals surface area contributed by atoms with E-state index < -0.39 is 16.9 Å². The van der Waals surface area contributed by atoms with Gasteiger partial charge >= 0.3 is 0 Å². The van der Waals surface area contributed by atoms with E-state index in [0.29, 0.717) is 11.5 Å². The van der Waals surface area contributed by atoms with Gasteiger partial charge < -0.3 is 14.8 Å². The molecule has 1 aliphatic rings. The largest absolute Gasteiger partial charge is 0.485 e. The molecule has 7 nitrogen and oxygen atoms in total. The first-order chi connectivity index (χ1) is 11.0. The Labute approximate surface area is 135 Å². The third-order valence-electron chi connectivity index (χ3n) is 3.22. The lowest BCUT2D eigenvalue weighted by atomic mass is 10.2. The Morgan fingerprint density at radius 2 is 2.00 bits per heavy atom. The van der Waals surface area contributed by atoms with Crippen molar-refractivity contribution in [3.05, 3.63) is 57.6 Å². The SMILES string of the molecule is O=C(Nc1ccc(Cl)cc1[N+](=O)[O-])[C@H]1COc2ccccc2O1. The number of carbonyl (C=O) groups excluding carboxylic acids is 1. The van der Waals surface area contributed by atoms with Crippen molar-refractivity contribution in [1.82, 2.24) is 0 Å². The molecule has 0 fully saturated rings. The Bertz CT molecular complexity index is 780. The molecule has 1 aliphatic heterocycles. The zero-order chi connectivity index (χ0) is 16.4. The number of hydrogen-bond acceptors (Lipinski definition) is 5. The molecule has 0 aliphatic carbocycles. The van der Waals surface area contributed by atoms with Gasteiger partial charge in [-0.25, -0.2) is 0 Å². The number of nitro benzene ring substituents is 1. The number of nitro groups is 1. The third-order valence-corrected chi connectivity index (χ3v) is 3.45. The number of benzene rings is 2. The lowest BCUT2D eigenvalue weighted by molar-refractivity contribution is -0.383. The summed E-state index contributed by atoms with van der Waals surface area (Å²) in [6, 6.07) is 11.0. The number of ether oxygens (including phenoxy) is 2. The van der Waals surface area contributed by atoms with Crippen LogP contribution in [0.1, 0.15) is 0 Å². The first kappa shape index (κ1) is 15.1. The number of hydrogen-bond donors (Lipinski definition) is 1. The van der Waals surface area contributed by atoms with E-state index >= 15 is 0 Å². The predicted octanol–water partition coefficient (Wildman–Crippen LogP) is 3.03. The molecule has 0 radical (unpaired) electrons. The second kappa shape index (κ2) is 6.13. The van der Waals surface area contributed by atoms with Crippen molar-refractivity contribution in [1.29, 1.82) is 0 Å². The number of anilines is 1. The van der Waals surface area contributed by atoms with Crippen molar-refractivity contribution in [2.24, 2.45) is 0 Å². The van der Waals surface area contributed by atoms with E-state index in [4.69, 9.17) is 21.1 Å². The summed E-state index contributed by atoms with van der Waals surface area (Å²) >= 11 is 5.74. The molecule has 0 saturated heterocycles. The summed E-state index contributed by atoms with van der Waals surface area (Å²) in [7, 11) is 0. The number of rotatable bonds is 3. The molecular weight excluding hydrogens is 324 g/mol. The molecule has 1 amide bonds. The molecule has 0 saturated carbocycles. The number of carbonyl (C=O) groups is 1. The molecular formula is C15H11ClN2O5. The first-order valence-corrected chi connectivity index (χ1v) is 7.05. The van der Waals surface area contributed by atoms with Crippen molar-refractivity contribution in [2.75, 3.05) is 11.9 Å². The summed E-state index contributed by atoms with van der Waals surface area (Å²) in [5.74, 6) is 0.462. The third kappa shape index (κ3) is 3.19. The summed E-state index contributed by atoms with van der Waals surface area (Å²) in [6.07, 6.45) is -0.903. The highest BCUT2D eigenvalue weighted by atomic mass is 35.5. The summed E-state index contributed by atoms with van der Waals surface area (Å²) in [4.78, 5) is 22.7. The van der Waals surface area contributed by atoms with Gasteiger partial charge in [0.2, 0.25) is 6.10 Å². The minimum Gasteiger partial charge on any atom is -0.485 e. The maximum atomic E-state index is 12.3. The fourth-order valence-electron chi connectivity index (χ4n) is 2.12. The van der Waals surface area contributed by atoms with Gasteiger partial charge in [0.25, 0.3) is 11.6 Å². The molecule has 3 rings (SSSR count). The molecule has 2 aromatic carbocycles. The zero-order valence-electron chi connectivity index (χ0n) is 11.7. The molecule has 1 heterocycles. The van der Waals surface area contributed by atoms with Crippen LogP contribution in [0.25, 0.3) is 0 Å². The number of amides is 1. The molecule has 23 heavy (non-hydrogen) atoms. The number of nitrogens with zero attached hydrogens (tertiary/aromatic N) is 1. The molecule has 1 atom stereocenters. The average molecular weight is 335 g/mol. The zero-order valence-corrected chi connectivity index (χ0v) is 12.4. The number of nitrogens with one attached hydrogen (secondary N) is 1. The Morgan fingerprint density at radius 3 is 2.74 bits per heavy atom. The molecule has 0 unspecified atom stereocenters. The summed E-state index contributed by atoms with van der Waals surface area (Å²) in [5.41, 5.74) is -0.241. The van der Waals surface area contributed by atoms with Crippen molar-refractivity contribution in [3.63, 3.8) is 0 Å². The van der Waals surface area contributed by atoms with Crippen LogP contribution in [-0.4, -0.2) is 23.5 Å². The van der Waals surface area contributed by atoms with Crippen LogP contribution in [0, 0.1) is 10.1 Å². The van der Waals surface area contributed by atoms with Gasteiger partial charge in [0.05, 0.1) is 4.92 Å². The number of halogens is 1. The van der Waals surface area contributed by atoms with Gasteiger partial charge in [-0.2, -0.15) is 0 Å². The molecule has 2 aromatic rings. The second-order valence-corrected chi connectivity index (χ2v) is 5.21. The van der Waals surface area contributed by atoms with Crippen molar-refractivity contribution >= 4 is 28.9 Å². The van der Waals surface area contributed by atoms with E-state index in [9.17, 15) is 14.9 Å². The van der Waals surface area contributed by atoms with Crippen LogP contribution >= 0.6 is 11.6 Å². The Kier molecular flexibility index (Phi) is 4.03. The summed E-state index contributed by atoms with van der Waals surface area (Å²) in [6.45, 7) is 0.0181. The molecule has 0 aromatic heterocycles. The van der Waals surface area contributed by atoms with Crippen LogP contribution in [0.15, 0.2) is 42.5 Å². The van der Waals surface area contributed by atoms with Crippen molar-refractivity contribution in [3.8, 4) is 11.5 Å². The fraction of sp³-hybridized carbons (Fsp3) is 0.133. The smallest absolute Gasteiger partial charge is 0.294 e. The fourth-order valence-corrected chi connectivity index (χ4v) is 2.29. The van der Waals surface area contributed by atoms with Gasteiger partial charge in [0.1, 0.15) is 12.3 Å². The van der Waals surface area contributed by atoms with Gasteiger partial charge in [-0.3, -0.25) is 14.9 Å². The average Bonchev–Trinajstić information content (AvgIpc) is 2.55. The standard InChI is InChI=1S/C15H11ClN2O5/c16-9-5-6-10(11(7-9)18(20)21)17-15(19)14-8-22-12-3-1-2-4-13(12)23-14/h1-7,14H,8H2,(H,17,19)/t14-/m1/s1. The van der Waals surface area contributed by atoms with Crippen LogP contribution in [0.3, 0.4) is 0 Å². The second-order valence-electron chi connectivity index (χ2n) is 4.77. The van der Waals surface area contributed by atoms with Gasteiger partial charge in [-0.1, -0.05) is 23.7 Å². The maximum Gasteiger partial charge on any atom is 0.294 e. The summed E-state index contributed by atoms with van der Waals surface area (Å²) in [5, 5.41) is 13.7. The van der Waals surface area contributed by atoms with Crippen molar-refractivity contribution < 1.29 is 19.2 Å². The molecule has 118 valence electrons. The highest BCUT2D eigenvalue weighted by Crippen LogP contribution is 2.32. The van der Waals surface area contributed by atoms with Gasteiger partial charge in [-0.15, -0.1) is 0 Å². The van der Waals surface area contributed by atoms with E-state index in [1.165, 1.54) is 18.2 Å². The minimum absolute atomic E-state index is 0.0181. The Balaban J connectivity index is 1.77. The Morgan fingerprint density at radius 1 is 1.26 bits per heavy atom. The van der Waals surface area contributed by atoms with E-state index in [1.807, 2.05) is 0 Å². The highest BCUT2D eigenvalue weighted by molar-refractivity contribution is 6.31. The quantitative estimate of drug-likeness (QED) is 0.688. The van der Waals surface area contributed by atoms with Gasteiger partial charge in [-0.05, 0) is 24.3 Å². The van der Waals surface area contributed by atoms with Crippen LogP contribution in [0.2, 0.25) is 5.02 Å². The van der Waals surface area contributed by atoms with Crippen LogP contribution in [0.4, 0.5) is 11.4 Å². The number of para-hydroxylation sites is 2. The lowest BCUT2D eigenvalue weighted by Crippen LogP contribution is -2.40. The van der Waals surface area contributed by atoms with Crippen LogP contribution in [0.5, 0.6) is 11.5 Å². The minimum atomic E-state index is -0.903. The Hall–Kier alpha value is -2.80. The van der Waals surface area contributed by atoms with Gasteiger partial charge in [0, 0.05) is 11.1 Å². The normalized spacial score (nSPS) is 15.8. The van der Waals surface area contributed by atoms with Crippen LogP contribution < -0.4 is 14.8 Å². The van der Waals surface area contributed by atoms with E-state index in [-0.39, 0.29) is 23.0 Å². The lowest BCUT2D eigenvalue weighted by Gasteiger charge is -2.25. The van der Waals surface area contributed by atoms with Crippen molar-refractivity contribution in [2.45, 2.75) is 6.10 Å². The first-order valence-electron chi connectivity index (χ1n) is 6.68. The maximum absolute atomic E-state index is 12.3. The van der Waals surface area contributed by atoms with E-state index in [0.717, 1.165) is 0 Å². The van der Waals surface area contributed by atoms with Crippen LogP contribution in [-0.2, 0) is 4.79 Å². The topological polar surface area (TPSA) is 90.7 Å². The number of fused-ring (bicyclic) bond motifs is 1.